The van der Waals surface area contributed by atoms with Gasteiger partial charge in [-0.15, -0.1) is 0 Å². The van der Waals surface area contributed by atoms with E-state index < -0.39 is 11.8 Å². The summed E-state index contributed by atoms with van der Waals surface area (Å²) in [5.74, 6) is -0.483. The number of methoxy groups -OCH3 is 2. The van der Waals surface area contributed by atoms with E-state index in [4.69, 9.17) is 9.47 Å². The van der Waals surface area contributed by atoms with Crippen molar-refractivity contribution in [2.75, 3.05) is 14.2 Å². The molecule has 0 aromatic heterocycles. The topological polar surface area (TPSA) is 89.0 Å². The zero-order valence-electron chi connectivity index (χ0n) is 12.8. The van der Waals surface area contributed by atoms with Crippen LogP contribution < -0.4 is 20.2 Å². The monoisotopic (exact) mass is 371 g/mol. The van der Waals surface area contributed by atoms with Crippen LogP contribution in [0.3, 0.4) is 0 Å². The molecule has 0 radical (unpaired) electrons. The van der Waals surface area contributed by atoms with Gasteiger partial charge < -0.3 is 14.8 Å². The Kier molecular flexibility index (Phi) is 6.84. The fraction of sp³-hybridized carbons (Fsp3) is 0.357. The highest BCUT2D eigenvalue weighted by atomic mass is 79.9. The van der Waals surface area contributed by atoms with Crippen LogP contribution in [0.25, 0.3) is 0 Å². The summed E-state index contributed by atoms with van der Waals surface area (Å²) < 4.78 is 11.0. The third kappa shape index (κ3) is 5.03. The maximum Gasteiger partial charge on any atom is 0.329 e. The zero-order valence-corrected chi connectivity index (χ0v) is 14.4. The molecule has 0 aliphatic rings. The molecule has 0 bridgehead atoms. The lowest BCUT2D eigenvalue weighted by atomic mass is 10.2. The number of hydrogen-bond donors (Lipinski definition) is 2. The molecule has 2 N–H and O–H groups in total. The van der Waals surface area contributed by atoms with E-state index in [1.54, 1.807) is 26.0 Å². The van der Waals surface area contributed by atoms with Gasteiger partial charge in [0, 0.05) is 16.1 Å². The summed E-state index contributed by atoms with van der Waals surface area (Å²) in [5, 5.41) is 6.22. The highest BCUT2D eigenvalue weighted by Crippen LogP contribution is 2.32. The van der Waals surface area contributed by atoms with Gasteiger partial charge in [0.15, 0.2) is 11.5 Å². The number of ether oxygens (including phenoxy) is 2. The minimum atomic E-state index is -0.832. The van der Waals surface area contributed by atoms with E-state index in [1.807, 2.05) is 0 Å². The second-order valence-electron chi connectivity index (χ2n) is 4.56. The lowest BCUT2D eigenvalue weighted by Gasteiger charge is -2.09. The minimum Gasteiger partial charge on any atom is -0.493 e. The Morgan fingerprint density at radius 3 is 2.32 bits per heavy atom. The largest absolute Gasteiger partial charge is 0.493 e. The average molecular weight is 372 g/mol. The standard InChI is InChI=1S/C14H18BrN3O4/c1-8(2)17-13(19)14(20)18-16-7-9-5-11(21-3)12(22-4)6-10(9)15/h5-8H,1-4H3,(H,17,19)(H,18,20)/b16-7-. The van der Waals surface area contributed by atoms with E-state index in [0.717, 1.165) is 0 Å². The van der Waals surface area contributed by atoms with Crippen molar-refractivity contribution in [2.45, 2.75) is 19.9 Å². The van der Waals surface area contributed by atoms with E-state index in [-0.39, 0.29) is 6.04 Å². The van der Waals surface area contributed by atoms with Crippen molar-refractivity contribution >= 4 is 34.0 Å². The molecule has 7 nitrogen and oxygen atoms in total. The van der Waals surface area contributed by atoms with Crippen molar-refractivity contribution in [3.8, 4) is 11.5 Å². The van der Waals surface area contributed by atoms with Gasteiger partial charge in [-0.2, -0.15) is 5.10 Å². The van der Waals surface area contributed by atoms with Gasteiger partial charge in [-0.3, -0.25) is 9.59 Å². The molecular weight excluding hydrogens is 354 g/mol. The fourth-order valence-electron chi connectivity index (χ4n) is 1.51. The van der Waals surface area contributed by atoms with Crippen LogP contribution in [-0.2, 0) is 9.59 Å². The maximum atomic E-state index is 11.5. The average Bonchev–Trinajstić information content (AvgIpc) is 2.47. The molecular formula is C14H18BrN3O4. The number of carbonyl (C=O) groups is 2. The summed E-state index contributed by atoms with van der Waals surface area (Å²) in [6.45, 7) is 3.52. The SMILES string of the molecule is COc1cc(Br)c(/C=N\NC(=O)C(=O)NC(C)C)cc1OC. The van der Waals surface area contributed by atoms with Gasteiger partial charge in [-0.25, -0.2) is 5.43 Å². The van der Waals surface area contributed by atoms with Crippen LogP contribution in [0, 0.1) is 0 Å². The number of carbonyl (C=O) groups excluding carboxylic acids is 2. The molecule has 22 heavy (non-hydrogen) atoms. The zero-order chi connectivity index (χ0) is 16.7. The number of hydrazone groups is 1. The van der Waals surface area contributed by atoms with Crippen LogP contribution >= 0.6 is 15.9 Å². The molecule has 0 heterocycles. The van der Waals surface area contributed by atoms with E-state index in [2.05, 4.69) is 31.8 Å². The van der Waals surface area contributed by atoms with Crippen LogP contribution in [0.2, 0.25) is 0 Å². The second kappa shape index (κ2) is 8.38. The second-order valence-corrected chi connectivity index (χ2v) is 5.41. The van der Waals surface area contributed by atoms with Crippen LogP contribution in [0.4, 0.5) is 0 Å². The van der Waals surface area contributed by atoms with Crippen molar-refractivity contribution in [2.24, 2.45) is 5.10 Å². The molecule has 0 unspecified atom stereocenters. The maximum absolute atomic E-state index is 11.5. The summed E-state index contributed by atoms with van der Waals surface area (Å²) in [5.41, 5.74) is 2.81. The molecule has 2 amide bonds. The summed E-state index contributed by atoms with van der Waals surface area (Å²) in [6, 6.07) is 3.28. The van der Waals surface area contributed by atoms with Crippen LogP contribution in [-0.4, -0.2) is 38.3 Å². The Morgan fingerprint density at radius 1 is 1.18 bits per heavy atom. The predicted molar refractivity (Wildman–Crippen MR) is 86.3 cm³/mol. The van der Waals surface area contributed by atoms with Gasteiger partial charge in [0.1, 0.15) is 0 Å². The van der Waals surface area contributed by atoms with Gasteiger partial charge in [0.2, 0.25) is 0 Å². The quantitative estimate of drug-likeness (QED) is 0.465. The third-order valence-corrected chi connectivity index (χ3v) is 3.19. The Morgan fingerprint density at radius 2 is 1.77 bits per heavy atom. The Hall–Kier alpha value is -2.09. The lowest BCUT2D eigenvalue weighted by Crippen LogP contribution is -2.41. The summed E-state index contributed by atoms with van der Waals surface area (Å²) in [6.07, 6.45) is 1.40. The van der Waals surface area contributed by atoms with Crippen molar-refractivity contribution in [3.63, 3.8) is 0 Å². The van der Waals surface area contributed by atoms with Crippen LogP contribution in [0.15, 0.2) is 21.7 Å². The summed E-state index contributed by atoms with van der Waals surface area (Å²) in [7, 11) is 3.05. The molecule has 1 aromatic rings. The smallest absolute Gasteiger partial charge is 0.329 e. The summed E-state index contributed by atoms with van der Waals surface area (Å²) in [4.78, 5) is 22.9. The first-order valence-corrected chi connectivity index (χ1v) is 7.23. The summed E-state index contributed by atoms with van der Waals surface area (Å²) >= 11 is 3.36. The molecule has 0 aliphatic heterocycles. The first-order chi connectivity index (χ1) is 10.4. The van der Waals surface area contributed by atoms with Crippen molar-refractivity contribution < 1.29 is 19.1 Å². The molecule has 0 spiro atoms. The van der Waals surface area contributed by atoms with Crippen molar-refractivity contribution in [1.82, 2.24) is 10.7 Å². The normalized spacial score (nSPS) is 10.6. The van der Waals surface area contributed by atoms with Gasteiger partial charge in [0.05, 0.1) is 20.4 Å². The molecule has 0 saturated heterocycles. The molecule has 0 atom stereocenters. The van der Waals surface area contributed by atoms with Crippen molar-refractivity contribution in [1.29, 1.82) is 0 Å². The van der Waals surface area contributed by atoms with E-state index in [0.29, 0.717) is 21.5 Å². The van der Waals surface area contributed by atoms with Crippen molar-refractivity contribution in [3.05, 3.63) is 22.2 Å². The minimum absolute atomic E-state index is 0.123. The number of benzene rings is 1. The lowest BCUT2D eigenvalue weighted by molar-refractivity contribution is -0.139. The van der Waals surface area contributed by atoms with E-state index >= 15 is 0 Å². The molecule has 8 heteroatoms. The van der Waals surface area contributed by atoms with Gasteiger partial charge in [0.25, 0.3) is 0 Å². The molecule has 0 saturated carbocycles. The van der Waals surface area contributed by atoms with E-state index in [1.165, 1.54) is 20.4 Å². The van der Waals surface area contributed by atoms with Gasteiger partial charge in [-0.05, 0) is 41.9 Å². The van der Waals surface area contributed by atoms with Gasteiger partial charge >= 0.3 is 11.8 Å². The Balaban J connectivity index is 2.78. The number of hydrogen-bond acceptors (Lipinski definition) is 5. The molecule has 0 aliphatic carbocycles. The number of nitrogens with one attached hydrogen (secondary N) is 2. The van der Waals surface area contributed by atoms with Gasteiger partial charge in [-0.1, -0.05) is 0 Å². The molecule has 1 aromatic carbocycles. The number of halogens is 1. The highest BCUT2D eigenvalue weighted by Gasteiger charge is 2.13. The number of rotatable bonds is 5. The molecule has 0 fully saturated rings. The Labute approximate surface area is 137 Å². The first kappa shape index (κ1) is 18.0. The van der Waals surface area contributed by atoms with Crippen LogP contribution in [0.1, 0.15) is 19.4 Å². The fourth-order valence-corrected chi connectivity index (χ4v) is 1.93. The van der Waals surface area contributed by atoms with E-state index in [9.17, 15) is 9.59 Å². The third-order valence-electron chi connectivity index (χ3n) is 2.50. The number of amides is 2. The predicted octanol–water partition coefficient (Wildman–Crippen LogP) is 1.44. The van der Waals surface area contributed by atoms with Crippen LogP contribution in [0.5, 0.6) is 11.5 Å². The Bertz CT molecular complexity index is 588. The highest BCUT2D eigenvalue weighted by molar-refractivity contribution is 9.10. The molecule has 1 rings (SSSR count). The number of nitrogens with zero attached hydrogens (tertiary/aromatic N) is 1. The first-order valence-electron chi connectivity index (χ1n) is 6.44. The molecule has 120 valence electrons.